The Labute approximate surface area is 177 Å². The van der Waals surface area contributed by atoms with Crippen LogP contribution in [-0.2, 0) is 14.9 Å². The molecule has 0 radical (unpaired) electrons. The molecule has 5 heteroatoms. The van der Waals surface area contributed by atoms with E-state index < -0.39 is 0 Å². The minimum absolute atomic E-state index is 0.130. The molecule has 1 aromatic heterocycles. The first-order valence-electron chi connectivity index (χ1n) is 11.1. The van der Waals surface area contributed by atoms with Gasteiger partial charge in [-0.25, -0.2) is 4.79 Å². The zero-order chi connectivity index (χ0) is 20.7. The van der Waals surface area contributed by atoms with Crippen molar-refractivity contribution in [2.45, 2.75) is 50.9 Å². The highest BCUT2D eigenvalue weighted by Crippen LogP contribution is 2.62. The van der Waals surface area contributed by atoms with Crippen LogP contribution in [0.5, 0.6) is 5.75 Å². The molecule has 1 aromatic carbocycles. The molecule has 4 aliphatic carbocycles. The van der Waals surface area contributed by atoms with Gasteiger partial charge in [-0.2, -0.15) is 5.10 Å². The second-order valence-corrected chi connectivity index (χ2v) is 9.36. The molecule has 4 bridgehead atoms. The molecule has 156 valence electrons. The van der Waals surface area contributed by atoms with Crippen molar-refractivity contribution in [1.29, 1.82) is 0 Å². The number of aromatic hydroxyl groups is 1. The van der Waals surface area contributed by atoms with Crippen molar-refractivity contribution in [3.05, 3.63) is 47.7 Å². The van der Waals surface area contributed by atoms with Crippen LogP contribution < -0.4 is 0 Å². The van der Waals surface area contributed by atoms with E-state index in [9.17, 15) is 9.90 Å². The van der Waals surface area contributed by atoms with Crippen LogP contribution in [0.1, 0.15) is 56.7 Å². The summed E-state index contributed by atoms with van der Waals surface area (Å²) in [5.41, 5.74) is 3.59. The normalized spacial score (nSPS) is 29.4. The lowest BCUT2D eigenvalue weighted by atomic mass is 9.48. The van der Waals surface area contributed by atoms with Crippen LogP contribution in [0.15, 0.2) is 36.4 Å². The summed E-state index contributed by atoms with van der Waals surface area (Å²) in [4.78, 5) is 11.5. The molecule has 0 aliphatic heterocycles. The van der Waals surface area contributed by atoms with Gasteiger partial charge in [0.05, 0.1) is 18.0 Å². The van der Waals surface area contributed by atoms with E-state index in [2.05, 4.69) is 16.3 Å². The van der Waals surface area contributed by atoms with Gasteiger partial charge in [-0.3, -0.25) is 0 Å². The minimum Gasteiger partial charge on any atom is -0.508 e. The van der Waals surface area contributed by atoms with Gasteiger partial charge in [0, 0.05) is 17.2 Å². The largest absolute Gasteiger partial charge is 0.508 e. The van der Waals surface area contributed by atoms with Crippen molar-refractivity contribution in [1.82, 2.24) is 10.2 Å². The molecule has 0 spiro atoms. The third-order valence-electron chi connectivity index (χ3n) is 7.26. The standard InChI is InChI=1S/C25H28N2O3/c1-2-30-24(29)8-5-20-4-6-22(27-26-20)19-3-7-23(28)21(12-19)25-13-16-9-17(14-25)11-18(10-16)15-25/h3-8,12,16-18,28H,2,9-11,13-15H2,1H3. The van der Waals surface area contributed by atoms with Crippen molar-refractivity contribution in [2.75, 3.05) is 6.61 Å². The van der Waals surface area contributed by atoms with Crippen LogP contribution in [0, 0.1) is 17.8 Å². The highest BCUT2D eigenvalue weighted by molar-refractivity contribution is 5.86. The minimum atomic E-state index is -0.387. The highest BCUT2D eigenvalue weighted by Gasteiger charge is 2.52. The maximum absolute atomic E-state index is 11.5. The number of hydrogen-bond donors (Lipinski definition) is 1. The van der Waals surface area contributed by atoms with Crippen LogP contribution in [0.2, 0.25) is 0 Å². The van der Waals surface area contributed by atoms with Crippen molar-refractivity contribution >= 4 is 12.0 Å². The summed E-state index contributed by atoms with van der Waals surface area (Å²) in [6.07, 6.45) is 10.7. The lowest BCUT2D eigenvalue weighted by Crippen LogP contribution is -2.48. The van der Waals surface area contributed by atoms with Crippen molar-refractivity contribution in [3.63, 3.8) is 0 Å². The number of carbonyl (C=O) groups excluding carboxylic acids is 1. The van der Waals surface area contributed by atoms with Crippen LogP contribution in [0.4, 0.5) is 0 Å². The summed E-state index contributed by atoms with van der Waals surface area (Å²) in [6.45, 7) is 2.12. The van der Waals surface area contributed by atoms with Crippen molar-refractivity contribution in [3.8, 4) is 17.0 Å². The molecular weight excluding hydrogens is 376 g/mol. The molecule has 6 rings (SSSR count). The Balaban J connectivity index is 1.41. The van der Waals surface area contributed by atoms with Gasteiger partial charge in [-0.15, -0.1) is 5.10 Å². The van der Waals surface area contributed by atoms with E-state index in [-0.39, 0.29) is 11.4 Å². The number of esters is 1. The Morgan fingerprint density at radius 2 is 1.80 bits per heavy atom. The summed E-state index contributed by atoms with van der Waals surface area (Å²) in [5, 5.41) is 19.3. The Morgan fingerprint density at radius 1 is 1.10 bits per heavy atom. The summed E-state index contributed by atoms with van der Waals surface area (Å²) in [6, 6.07) is 9.63. The first kappa shape index (κ1) is 19.3. The van der Waals surface area contributed by atoms with Gasteiger partial charge >= 0.3 is 5.97 Å². The Bertz CT molecular complexity index is 945. The molecule has 0 saturated heterocycles. The first-order chi connectivity index (χ1) is 14.5. The molecule has 4 aliphatic rings. The molecule has 5 nitrogen and oxygen atoms in total. The molecule has 1 N–H and O–H groups in total. The lowest BCUT2D eigenvalue weighted by Gasteiger charge is -2.57. The van der Waals surface area contributed by atoms with Crippen molar-refractivity contribution < 1.29 is 14.6 Å². The lowest BCUT2D eigenvalue weighted by molar-refractivity contribution is -0.137. The van der Waals surface area contributed by atoms with Gasteiger partial charge in [0.2, 0.25) is 0 Å². The van der Waals surface area contributed by atoms with E-state index in [1.165, 1.54) is 44.6 Å². The average Bonchev–Trinajstić information content (AvgIpc) is 2.72. The topological polar surface area (TPSA) is 72.3 Å². The van der Waals surface area contributed by atoms with Crippen LogP contribution in [0.25, 0.3) is 17.3 Å². The number of carbonyl (C=O) groups is 1. The zero-order valence-electron chi connectivity index (χ0n) is 17.4. The fraction of sp³-hybridized carbons (Fsp3) is 0.480. The van der Waals surface area contributed by atoms with Gasteiger partial charge in [0.1, 0.15) is 5.75 Å². The summed E-state index contributed by atoms with van der Waals surface area (Å²) in [5.74, 6) is 2.50. The molecule has 4 fully saturated rings. The van der Waals surface area contributed by atoms with Crippen molar-refractivity contribution in [2.24, 2.45) is 17.8 Å². The number of phenolic OH excluding ortho intramolecular Hbond substituents is 1. The molecule has 0 atom stereocenters. The summed E-state index contributed by atoms with van der Waals surface area (Å²) in [7, 11) is 0. The fourth-order valence-electron chi connectivity index (χ4n) is 6.49. The predicted octanol–water partition coefficient (Wildman–Crippen LogP) is 4.89. The maximum atomic E-state index is 11.5. The van der Waals surface area contributed by atoms with E-state index in [1.54, 1.807) is 13.0 Å². The average molecular weight is 405 g/mol. The van der Waals surface area contributed by atoms with Gasteiger partial charge in [-0.05, 0) is 105 Å². The predicted molar refractivity (Wildman–Crippen MR) is 115 cm³/mol. The van der Waals surface area contributed by atoms with Crippen LogP contribution >= 0.6 is 0 Å². The number of hydrogen-bond acceptors (Lipinski definition) is 5. The van der Waals surface area contributed by atoms with Crippen LogP contribution in [-0.4, -0.2) is 27.9 Å². The molecule has 0 amide bonds. The molecule has 0 unspecified atom stereocenters. The summed E-state index contributed by atoms with van der Waals surface area (Å²) >= 11 is 0. The van der Waals surface area contributed by atoms with Gasteiger partial charge in [-0.1, -0.05) is 0 Å². The molecule has 4 saturated carbocycles. The quantitative estimate of drug-likeness (QED) is 0.567. The SMILES string of the molecule is CCOC(=O)C=Cc1ccc(-c2ccc(O)c(C34CC5CC(CC(C5)C3)C4)c2)nn1. The Hall–Kier alpha value is -2.69. The smallest absolute Gasteiger partial charge is 0.330 e. The maximum Gasteiger partial charge on any atom is 0.330 e. The monoisotopic (exact) mass is 404 g/mol. The molecule has 30 heavy (non-hydrogen) atoms. The second kappa shape index (κ2) is 7.53. The van der Waals surface area contributed by atoms with Crippen LogP contribution in [0.3, 0.4) is 0 Å². The number of rotatable bonds is 5. The molecule has 2 aromatic rings. The molecule has 1 heterocycles. The first-order valence-corrected chi connectivity index (χ1v) is 11.1. The highest BCUT2D eigenvalue weighted by atomic mass is 16.5. The van der Waals surface area contributed by atoms with E-state index in [4.69, 9.17) is 4.74 Å². The van der Waals surface area contributed by atoms with E-state index in [0.29, 0.717) is 18.1 Å². The fourth-order valence-corrected chi connectivity index (χ4v) is 6.49. The third-order valence-corrected chi connectivity index (χ3v) is 7.26. The van der Waals surface area contributed by atoms with Gasteiger partial charge in [0.25, 0.3) is 0 Å². The van der Waals surface area contributed by atoms with Gasteiger partial charge in [0.15, 0.2) is 0 Å². The van der Waals surface area contributed by atoms with E-state index in [0.717, 1.165) is 34.6 Å². The number of ether oxygens (including phenoxy) is 1. The third kappa shape index (κ3) is 3.51. The number of benzene rings is 1. The summed E-state index contributed by atoms with van der Waals surface area (Å²) < 4.78 is 4.88. The number of nitrogens with zero attached hydrogens (tertiary/aromatic N) is 2. The van der Waals surface area contributed by atoms with E-state index in [1.807, 2.05) is 24.3 Å². The van der Waals surface area contributed by atoms with E-state index >= 15 is 0 Å². The Kier molecular flexibility index (Phi) is 4.84. The Morgan fingerprint density at radius 3 is 2.40 bits per heavy atom. The molecular formula is C25H28N2O3. The second-order valence-electron chi connectivity index (χ2n) is 9.36. The zero-order valence-corrected chi connectivity index (χ0v) is 17.4. The number of phenols is 1. The number of aromatic nitrogens is 2. The van der Waals surface area contributed by atoms with Gasteiger partial charge < -0.3 is 9.84 Å².